The van der Waals surface area contributed by atoms with Crippen LogP contribution in [0.3, 0.4) is 0 Å². The maximum Gasteiger partial charge on any atom is 0.208 e. The van der Waals surface area contributed by atoms with Crippen molar-refractivity contribution in [3.63, 3.8) is 0 Å². The van der Waals surface area contributed by atoms with Crippen molar-refractivity contribution in [1.29, 1.82) is 0 Å². The third-order valence-corrected chi connectivity index (χ3v) is 2.00. The van der Waals surface area contributed by atoms with Crippen molar-refractivity contribution in [2.75, 3.05) is 7.11 Å². The number of hydrogen-bond acceptors (Lipinski definition) is 4. The molecule has 1 N–H and O–H groups in total. The van der Waals surface area contributed by atoms with Gasteiger partial charge in [-0.05, 0) is 23.8 Å². The molecular formula is C9H10N4O. The first kappa shape index (κ1) is 8.68. The van der Waals surface area contributed by atoms with E-state index in [1.165, 1.54) is 0 Å². The first-order chi connectivity index (χ1) is 6.83. The molecule has 72 valence electrons. The number of para-hydroxylation sites is 1. The topological polar surface area (TPSA) is 63.7 Å². The molecule has 2 aromatic rings. The number of tetrazole rings is 1. The summed E-state index contributed by atoms with van der Waals surface area (Å²) in [4.78, 5) is 0. The monoisotopic (exact) mass is 190 g/mol. The molecule has 0 spiro atoms. The van der Waals surface area contributed by atoms with Gasteiger partial charge in [-0.15, -0.1) is 10.2 Å². The van der Waals surface area contributed by atoms with Crippen molar-refractivity contribution in [1.82, 2.24) is 20.6 Å². The largest absolute Gasteiger partial charge is 0.496 e. The minimum atomic E-state index is 0.547. The summed E-state index contributed by atoms with van der Waals surface area (Å²) in [6, 6.07) is 5.81. The number of nitrogens with one attached hydrogen (secondary N) is 1. The van der Waals surface area contributed by atoms with Gasteiger partial charge in [0.25, 0.3) is 0 Å². The fraction of sp³-hybridized carbons (Fsp3) is 0.222. The van der Waals surface area contributed by atoms with Crippen LogP contribution >= 0.6 is 0 Å². The van der Waals surface area contributed by atoms with Crippen LogP contribution in [0.15, 0.2) is 18.2 Å². The van der Waals surface area contributed by atoms with Gasteiger partial charge in [0.15, 0.2) is 0 Å². The fourth-order valence-corrected chi connectivity index (χ4v) is 1.38. The second-order valence-corrected chi connectivity index (χ2v) is 2.89. The van der Waals surface area contributed by atoms with Crippen LogP contribution in [0.1, 0.15) is 5.56 Å². The van der Waals surface area contributed by atoms with Gasteiger partial charge in [0.2, 0.25) is 5.82 Å². The summed E-state index contributed by atoms with van der Waals surface area (Å²) in [5, 5.41) is 13.7. The van der Waals surface area contributed by atoms with Gasteiger partial charge in [0.05, 0.1) is 12.7 Å². The highest BCUT2D eigenvalue weighted by atomic mass is 16.5. The van der Waals surface area contributed by atoms with E-state index in [1.807, 2.05) is 25.1 Å². The van der Waals surface area contributed by atoms with Gasteiger partial charge in [-0.2, -0.15) is 5.21 Å². The highest BCUT2D eigenvalue weighted by Gasteiger charge is 2.10. The van der Waals surface area contributed by atoms with Gasteiger partial charge >= 0.3 is 0 Å². The zero-order valence-corrected chi connectivity index (χ0v) is 7.98. The lowest BCUT2D eigenvalue weighted by Gasteiger charge is -2.07. The molecule has 1 aromatic carbocycles. The Balaban J connectivity index is 2.58. The molecule has 5 nitrogen and oxygen atoms in total. The molecule has 0 atom stereocenters. The number of rotatable bonds is 2. The molecule has 0 aliphatic carbocycles. The molecule has 2 rings (SSSR count). The van der Waals surface area contributed by atoms with Crippen LogP contribution in [0.25, 0.3) is 11.4 Å². The number of ether oxygens (including phenoxy) is 1. The number of aromatic amines is 1. The summed E-state index contributed by atoms with van der Waals surface area (Å²) < 4.78 is 5.28. The summed E-state index contributed by atoms with van der Waals surface area (Å²) >= 11 is 0. The van der Waals surface area contributed by atoms with Crippen molar-refractivity contribution >= 4 is 0 Å². The van der Waals surface area contributed by atoms with Gasteiger partial charge in [-0.25, -0.2) is 0 Å². The Hall–Kier alpha value is -1.91. The van der Waals surface area contributed by atoms with E-state index in [2.05, 4.69) is 20.6 Å². The number of nitrogens with zero attached hydrogens (tertiary/aromatic N) is 3. The molecule has 1 heterocycles. The van der Waals surface area contributed by atoms with Gasteiger partial charge in [-0.1, -0.05) is 12.1 Å². The molecular weight excluding hydrogens is 180 g/mol. The van der Waals surface area contributed by atoms with Crippen molar-refractivity contribution < 1.29 is 4.74 Å². The van der Waals surface area contributed by atoms with Crippen molar-refractivity contribution in [2.24, 2.45) is 0 Å². The lowest BCUT2D eigenvalue weighted by atomic mass is 10.1. The minimum absolute atomic E-state index is 0.547. The Morgan fingerprint density at radius 3 is 2.86 bits per heavy atom. The van der Waals surface area contributed by atoms with Crippen LogP contribution in [0, 0.1) is 6.92 Å². The third-order valence-electron chi connectivity index (χ3n) is 2.00. The van der Waals surface area contributed by atoms with Crippen molar-refractivity contribution in [3.05, 3.63) is 23.8 Å². The molecule has 0 saturated carbocycles. The summed E-state index contributed by atoms with van der Waals surface area (Å²) in [7, 11) is 1.63. The second-order valence-electron chi connectivity index (χ2n) is 2.89. The average molecular weight is 190 g/mol. The van der Waals surface area contributed by atoms with E-state index < -0.39 is 0 Å². The Morgan fingerprint density at radius 2 is 2.21 bits per heavy atom. The fourth-order valence-electron chi connectivity index (χ4n) is 1.38. The van der Waals surface area contributed by atoms with E-state index >= 15 is 0 Å². The van der Waals surface area contributed by atoms with Crippen LogP contribution in [0.5, 0.6) is 5.75 Å². The van der Waals surface area contributed by atoms with Crippen LogP contribution in [-0.4, -0.2) is 27.7 Å². The maximum absolute atomic E-state index is 5.28. The Kier molecular flexibility index (Phi) is 2.14. The van der Waals surface area contributed by atoms with Crippen LogP contribution in [0.2, 0.25) is 0 Å². The minimum Gasteiger partial charge on any atom is -0.496 e. The standard InChI is InChI=1S/C9H10N4O/c1-6-4-3-5-7(8(6)14-2)9-10-12-13-11-9/h3-5H,1-2H3,(H,10,11,12,13). The number of hydrogen-bond donors (Lipinski definition) is 1. The first-order valence-electron chi connectivity index (χ1n) is 4.20. The van der Waals surface area contributed by atoms with E-state index in [1.54, 1.807) is 7.11 Å². The molecule has 0 aliphatic heterocycles. The number of aromatic nitrogens is 4. The molecule has 0 amide bonds. The molecule has 0 bridgehead atoms. The van der Waals surface area contributed by atoms with E-state index in [-0.39, 0.29) is 0 Å². The van der Waals surface area contributed by atoms with Crippen molar-refractivity contribution in [2.45, 2.75) is 6.92 Å². The smallest absolute Gasteiger partial charge is 0.208 e. The van der Waals surface area contributed by atoms with Crippen LogP contribution < -0.4 is 4.74 Å². The number of benzene rings is 1. The predicted octanol–water partition coefficient (Wildman–Crippen LogP) is 1.18. The van der Waals surface area contributed by atoms with Gasteiger partial charge in [0.1, 0.15) is 5.75 Å². The zero-order valence-electron chi connectivity index (χ0n) is 7.98. The lowest BCUT2D eigenvalue weighted by molar-refractivity contribution is 0.413. The van der Waals surface area contributed by atoms with Crippen LogP contribution in [-0.2, 0) is 0 Å². The summed E-state index contributed by atoms with van der Waals surface area (Å²) in [5.41, 5.74) is 1.90. The van der Waals surface area contributed by atoms with Gasteiger partial charge in [0, 0.05) is 0 Å². The molecule has 1 aromatic heterocycles. The molecule has 5 heteroatoms. The maximum atomic E-state index is 5.28. The number of methoxy groups -OCH3 is 1. The van der Waals surface area contributed by atoms with E-state index in [0.717, 1.165) is 16.9 Å². The van der Waals surface area contributed by atoms with Gasteiger partial charge < -0.3 is 4.74 Å². The SMILES string of the molecule is COc1c(C)cccc1-c1nn[nH]n1. The third kappa shape index (κ3) is 1.32. The lowest BCUT2D eigenvalue weighted by Crippen LogP contribution is -1.92. The molecule has 0 saturated heterocycles. The molecule has 14 heavy (non-hydrogen) atoms. The highest BCUT2D eigenvalue weighted by molar-refractivity contribution is 5.65. The number of H-pyrrole nitrogens is 1. The normalized spacial score (nSPS) is 10.1. The molecule has 0 aliphatic rings. The van der Waals surface area contributed by atoms with E-state index in [9.17, 15) is 0 Å². The number of aryl methyl sites for hydroxylation is 1. The molecule has 0 fully saturated rings. The van der Waals surface area contributed by atoms with E-state index in [4.69, 9.17) is 4.74 Å². The highest BCUT2D eigenvalue weighted by Crippen LogP contribution is 2.29. The molecule has 0 radical (unpaired) electrons. The summed E-state index contributed by atoms with van der Waals surface area (Å²) in [5.74, 6) is 1.33. The van der Waals surface area contributed by atoms with Crippen molar-refractivity contribution in [3.8, 4) is 17.1 Å². The first-order valence-corrected chi connectivity index (χ1v) is 4.20. The quantitative estimate of drug-likeness (QED) is 0.772. The Labute approximate surface area is 81.1 Å². The summed E-state index contributed by atoms with van der Waals surface area (Å²) in [6.07, 6.45) is 0. The Morgan fingerprint density at radius 1 is 1.36 bits per heavy atom. The second kappa shape index (κ2) is 3.45. The zero-order chi connectivity index (χ0) is 9.97. The van der Waals surface area contributed by atoms with Crippen LogP contribution in [0.4, 0.5) is 0 Å². The van der Waals surface area contributed by atoms with Gasteiger partial charge in [-0.3, -0.25) is 0 Å². The van der Waals surface area contributed by atoms with E-state index in [0.29, 0.717) is 5.82 Å². The summed E-state index contributed by atoms with van der Waals surface area (Å²) in [6.45, 7) is 1.97. The molecule has 0 unspecified atom stereocenters. The average Bonchev–Trinajstić information content (AvgIpc) is 2.70. The predicted molar refractivity (Wildman–Crippen MR) is 50.9 cm³/mol. The Bertz CT molecular complexity index is 424.